The van der Waals surface area contributed by atoms with Crippen molar-refractivity contribution in [1.82, 2.24) is 5.32 Å². The monoisotopic (exact) mass is 408 g/mol. The molecule has 0 saturated carbocycles. The smallest absolute Gasteiger partial charge is 0.323 e. The quantitative estimate of drug-likeness (QED) is 0.549. The average Bonchev–Trinajstić information content (AvgIpc) is 2.91. The second-order valence-electron chi connectivity index (χ2n) is 7.41. The van der Waals surface area contributed by atoms with Crippen LogP contribution in [0.1, 0.15) is 47.0 Å². The van der Waals surface area contributed by atoms with Crippen molar-refractivity contribution in [1.29, 1.82) is 0 Å². The molecule has 0 aromatic heterocycles. The van der Waals surface area contributed by atoms with Gasteiger partial charge in [-0.3, -0.25) is 10.1 Å². The van der Waals surface area contributed by atoms with Crippen molar-refractivity contribution in [2.75, 3.05) is 32.3 Å². The second-order valence-corrected chi connectivity index (χ2v) is 8.52. The summed E-state index contributed by atoms with van der Waals surface area (Å²) >= 11 is 1.84. The number of benzene rings is 1. The molecule has 0 spiro atoms. The van der Waals surface area contributed by atoms with E-state index in [1.165, 1.54) is 30.4 Å². The topological polar surface area (TPSA) is 73.6 Å². The number of anilines is 1. The van der Waals surface area contributed by atoms with Crippen LogP contribution in [0.25, 0.3) is 0 Å². The molecule has 0 fully saturated rings. The maximum absolute atomic E-state index is 11.5. The molecule has 1 heterocycles. The number of nitrogens with two attached hydrogens (primary N) is 1. The van der Waals surface area contributed by atoms with Crippen LogP contribution >= 0.6 is 11.8 Å². The fourth-order valence-electron chi connectivity index (χ4n) is 3.12. The molecule has 3 N–H and O–H groups in total. The standard InChI is InChI=1S/C13H21NO2S.C7H9NO.C2H6/c1-13(2)5-4-11-9(6-13)7-14-10(8-17-11)12(15)16-3;1-9-7-4-2-6(8)3-5-7;1-2/h10,14H,4-8H2,1-3H3;2-5H,8H2,1H3;1-2H3. The predicted octanol–water partition coefficient (Wildman–Crippen LogP) is 4.63. The summed E-state index contributed by atoms with van der Waals surface area (Å²) in [5.41, 5.74) is 8.09. The van der Waals surface area contributed by atoms with Crippen molar-refractivity contribution in [2.45, 2.75) is 53.0 Å². The lowest BCUT2D eigenvalue weighted by Gasteiger charge is -2.32. The van der Waals surface area contributed by atoms with Gasteiger partial charge in [-0.15, -0.1) is 11.8 Å². The Hall–Kier alpha value is -1.66. The number of nitrogen functional groups attached to an aromatic ring is 1. The first-order valence-electron chi connectivity index (χ1n) is 9.89. The maximum Gasteiger partial charge on any atom is 0.323 e. The van der Waals surface area contributed by atoms with Gasteiger partial charge in [-0.25, -0.2) is 0 Å². The Labute approximate surface area is 174 Å². The molecule has 0 saturated heterocycles. The van der Waals surface area contributed by atoms with E-state index in [1.807, 2.05) is 37.7 Å². The molecular formula is C22H36N2O3S. The van der Waals surface area contributed by atoms with Gasteiger partial charge in [0, 0.05) is 18.0 Å². The minimum Gasteiger partial charge on any atom is -0.497 e. The zero-order valence-corrected chi connectivity index (χ0v) is 18.9. The zero-order chi connectivity index (χ0) is 21.2. The lowest BCUT2D eigenvalue weighted by Crippen LogP contribution is -2.39. The highest BCUT2D eigenvalue weighted by atomic mass is 32.2. The Morgan fingerprint density at radius 3 is 2.43 bits per heavy atom. The fourth-order valence-corrected chi connectivity index (χ4v) is 4.33. The summed E-state index contributed by atoms with van der Waals surface area (Å²) in [6.07, 6.45) is 3.57. The van der Waals surface area contributed by atoms with E-state index in [0.29, 0.717) is 5.41 Å². The van der Waals surface area contributed by atoms with Crippen LogP contribution < -0.4 is 15.8 Å². The van der Waals surface area contributed by atoms with Crippen LogP contribution in [0, 0.1) is 5.41 Å². The maximum atomic E-state index is 11.5. The second kappa shape index (κ2) is 12.0. The number of thioether (sulfide) groups is 1. The van der Waals surface area contributed by atoms with Gasteiger partial charge in [-0.1, -0.05) is 27.7 Å². The molecule has 5 nitrogen and oxygen atoms in total. The zero-order valence-electron chi connectivity index (χ0n) is 18.1. The Bertz CT molecular complexity index is 642. The van der Waals surface area contributed by atoms with Gasteiger partial charge in [0.15, 0.2) is 0 Å². The minimum absolute atomic E-state index is 0.142. The normalized spacial score (nSPS) is 20.3. The van der Waals surface area contributed by atoms with Crippen molar-refractivity contribution in [3.8, 4) is 5.75 Å². The van der Waals surface area contributed by atoms with Crippen LogP contribution in [0.15, 0.2) is 34.7 Å². The summed E-state index contributed by atoms with van der Waals surface area (Å²) in [6, 6.07) is 7.11. The van der Waals surface area contributed by atoms with Crippen LogP contribution in [0.5, 0.6) is 5.75 Å². The summed E-state index contributed by atoms with van der Waals surface area (Å²) in [7, 11) is 3.08. The van der Waals surface area contributed by atoms with Crippen molar-refractivity contribution in [3.05, 3.63) is 34.7 Å². The predicted molar refractivity (Wildman–Crippen MR) is 120 cm³/mol. The number of nitrogens with one attached hydrogen (secondary N) is 1. The molecule has 28 heavy (non-hydrogen) atoms. The summed E-state index contributed by atoms with van der Waals surface area (Å²) in [5.74, 6) is 1.49. The average molecular weight is 409 g/mol. The molecule has 0 amide bonds. The van der Waals surface area contributed by atoms with Gasteiger partial charge in [0.25, 0.3) is 0 Å². The number of rotatable bonds is 2. The number of methoxy groups -OCH3 is 2. The summed E-state index contributed by atoms with van der Waals surface area (Å²) in [5, 5.41) is 3.32. The minimum atomic E-state index is -0.154. The van der Waals surface area contributed by atoms with E-state index in [2.05, 4.69) is 19.2 Å². The van der Waals surface area contributed by atoms with Gasteiger partial charge in [0.2, 0.25) is 0 Å². The summed E-state index contributed by atoms with van der Waals surface area (Å²) < 4.78 is 9.72. The largest absolute Gasteiger partial charge is 0.497 e. The van der Waals surface area contributed by atoms with Gasteiger partial charge in [-0.05, 0) is 59.4 Å². The van der Waals surface area contributed by atoms with E-state index < -0.39 is 0 Å². The van der Waals surface area contributed by atoms with E-state index in [-0.39, 0.29) is 12.0 Å². The number of carbonyl (C=O) groups excluding carboxylic acids is 1. The van der Waals surface area contributed by atoms with Crippen LogP contribution in [-0.4, -0.2) is 38.5 Å². The summed E-state index contributed by atoms with van der Waals surface area (Å²) in [6.45, 7) is 9.49. The van der Waals surface area contributed by atoms with E-state index in [9.17, 15) is 4.79 Å². The lowest BCUT2D eigenvalue weighted by molar-refractivity contribution is -0.142. The van der Waals surface area contributed by atoms with Crippen LogP contribution in [-0.2, 0) is 9.53 Å². The molecule has 1 aromatic carbocycles. The molecule has 1 aliphatic heterocycles. The van der Waals surface area contributed by atoms with E-state index in [1.54, 1.807) is 19.2 Å². The third-order valence-electron chi connectivity index (χ3n) is 4.70. The van der Waals surface area contributed by atoms with Gasteiger partial charge in [0.05, 0.1) is 14.2 Å². The first-order valence-corrected chi connectivity index (χ1v) is 10.9. The Morgan fingerprint density at radius 1 is 1.21 bits per heavy atom. The van der Waals surface area contributed by atoms with Crippen LogP contribution in [0.3, 0.4) is 0 Å². The molecule has 1 aromatic rings. The molecule has 0 bridgehead atoms. The van der Waals surface area contributed by atoms with E-state index in [0.717, 1.165) is 30.2 Å². The number of allylic oxidation sites excluding steroid dienone is 1. The SMILES string of the molecule is CC.COC(=O)C1CSC2=C(CN1)CC(C)(C)CC2.COc1ccc(N)cc1. The fraction of sp³-hybridized carbons (Fsp3) is 0.591. The first kappa shape index (κ1) is 24.4. The number of hydrogen-bond acceptors (Lipinski definition) is 6. The highest BCUT2D eigenvalue weighted by molar-refractivity contribution is 8.03. The van der Waals surface area contributed by atoms with Crippen LogP contribution in [0.2, 0.25) is 0 Å². The van der Waals surface area contributed by atoms with E-state index in [4.69, 9.17) is 15.2 Å². The highest BCUT2D eigenvalue weighted by Gasteiger charge is 2.31. The number of ether oxygens (including phenoxy) is 2. The van der Waals surface area contributed by atoms with E-state index >= 15 is 0 Å². The van der Waals surface area contributed by atoms with Crippen LogP contribution in [0.4, 0.5) is 5.69 Å². The number of carbonyl (C=O) groups is 1. The Balaban J connectivity index is 0.000000301. The summed E-state index contributed by atoms with van der Waals surface area (Å²) in [4.78, 5) is 13.0. The molecule has 3 rings (SSSR count). The Kier molecular flexibility index (Phi) is 10.5. The molecular weight excluding hydrogens is 372 g/mol. The number of esters is 1. The van der Waals surface area contributed by atoms with Gasteiger partial charge in [-0.2, -0.15) is 0 Å². The molecule has 6 heteroatoms. The van der Waals surface area contributed by atoms with Gasteiger partial charge in [0.1, 0.15) is 11.8 Å². The third kappa shape index (κ3) is 7.76. The molecule has 1 atom stereocenters. The molecule has 158 valence electrons. The third-order valence-corrected chi connectivity index (χ3v) is 6.04. The molecule has 1 aliphatic carbocycles. The van der Waals surface area contributed by atoms with Crippen molar-refractivity contribution < 1.29 is 14.3 Å². The molecule has 2 aliphatic rings. The highest BCUT2D eigenvalue weighted by Crippen LogP contribution is 2.43. The van der Waals surface area contributed by atoms with Gasteiger partial charge < -0.3 is 15.2 Å². The Morgan fingerprint density at radius 2 is 1.86 bits per heavy atom. The van der Waals surface area contributed by atoms with Gasteiger partial charge >= 0.3 is 5.97 Å². The van der Waals surface area contributed by atoms with Crippen molar-refractivity contribution in [3.63, 3.8) is 0 Å². The molecule has 1 unspecified atom stereocenters. The number of hydrogen-bond donors (Lipinski definition) is 2. The van der Waals surface area contributed by atoms with Crippen molar-refractivity contribution >= 4 is 23.4 Å². The lowest BCUT2D eigenvalue weighted by atomic mass is 9.77. The molecule has 0 radical (unpaired) electrons. The van der Waals surface area contributed by atoms with Crippen molar-refractivity contribution in [2.24, 2.45) is 5.41 Å². The first-order chi connectivity index (χ1) is 13.3.